The van der Waals surface area contributed by atoms with E-state index in [1.165, 1.54) is 6.42 Å². The number of anilines is 1. The molecule has 0 amide bonds. The third-order valence-corrected chi connectivity index (χ3v) is 4.97. The molecule has 0 spiro atoms. The highest BCUT2D eigenvalue weighted by Crippen LogP contribution is 2.34. The molecular weight excluding hydrogens is 248 g/mol. The molecule has 0 saturated heterocycles. The van der Waals surface area contributed by atoms with Gasteiger partial charge in [0.25, 0.3) is 0 Å². The summed E-state index contributed by atoms with van der Waals surface area (Å²) in [6.07, 6.45) is 2.25. The number of hydrogen-bond acceptors (Lipinski definition) is 3. The Bertz CT molecular complexity index is 528. The Hall–Kier alpha value is -1.07. The van der Waals surface area contributed by atoms with Gasteiger partial charge in [0.15, 0.2) is 0 Å². The maximum atomic E-state index is 11.5. The standard InChI is InChI=1S/C13H20N2O2S/c1-9-7-8-11(10(9)2)15-12-5-3-4-6-13(12)18(14,16)17/h3-6,9-11,15H,7-8H2,1-2H3,(H2,14,16,17). The van der Waals surface area contributed by atoms with Crippen molar-refractivity contribution in [2.75, 3.05) is 5.32 Å². The lowest BCUT2D eigenvalue weighted by Gasteiger charge is -2.22. The van der Waals surface area contributed by atoms with Gasteiger partial charge in [-0.15, -0.1) is 0 Å². The van der Waals surface area contributed by atoms with Crippen LogP contribution in [0.15, 0.2) is 29.2 Å². The third kappa shape index (κ3) is 2.67. The molecule has 100 valence electrons. The third-order valence-electron chi connectivity index (χ3n) is 4.00. The maximum absolute atomic E-state index is 11.5. The molecule has 1 aromatic carbocycles. The van der Waals surface area contributed by atoms with Crippen molar-refractivity contribution in [2.45, 2.75) is 37.6 Å². The van der Waals surface area contributed by atoms with Gasteiger partial charge in [0.2, 0.25) is 10.0 Å². The first-order valence-corrected chi connectivity index (χ1v) is 7.82. The van der Waals surface area contributed by atoms with Gasteiger partial charge in [0.05, 0.1) is 5.69 Å². The van der Waals surface area contributed by atoms with Crippen LogP contribution < -0.4 is 10.5 Å². The van der Waals surface area contributed by atoms with Gasteiger partial charge >= 0.3 is 0 Å². The van der Waals surface area contributed by atoms with Gasteiger partial charge in [-0.3, -0.25) is 0 Å². The van der Waals surface area contributed by atoms with Gasteiger partial charge in [0.1, 0.15) is 4.90 Å². The van der Waals surface area contributed by atoms with Crippen LogP contribution in [0.5, 0.6) is 0 Å². The minimum absolute atomic E-state index is 0.178. The molecule has 18 heavy (non-hydrogen) atoms. The Kier molecular flexibility index (Phi) is 3.64. The summed E-state index contributed by atoms with van der Waals surface area (Å²) in [7, 11) is -3.67. The van der Waals surface area contributed by atoms with E-state index in [9.17, 15) is 8.42 Å². The van der Waals surface area contributed by atoms with E-state index in [2.05, 4.69) is 19.2 Å². The van der Waals surface area contributed by atoms with E-state index in [0.29, 0.717) is 23.6 Å². The SMILES string of the molecule is CC1CCC(Nc2ccccc2S(N)(=O)=O)C1C. The first-order valence-electron chi connectivity index (χ1n) is 6.28. The number of para-hydroxylation sites is 1. The summed E-state index contributed by atoms with van der Waals surface area (Å²) in [4.78, 5) is 0.178. The first-order chi connectivity index (χ1) is 8.39. The van der Waals surface area contributed by atoms with Gasteiger partial charge < -0.3 is 5.32 Å². The fourth-order valence-corrected chi connectivity index (χ4v) is 3.30. The molecule has 1 aliphatic carbocycles. The molecule has 0 heterocycles. The van der Waals surface area contributed by atoms with Gasteiger partial charge in [-0.1, -0.05) is 26.0 Å². The number of hydrogen-bond donors (Lipinski definition) is 2. The molecule has 0 aliphatic heterocycles. The second-order valence-electron chi connectivity index (χ2n) is 5.21. The number of nitrogens with two attached hydrogens (primary N) is 1. The minimum atomic E-state index is -3.67. The summed E-state index contributed by atoms with van der Waals surface area (Å²) >= 11 is 0. The fourth-order valence-electron chi connectivity index (χ4n) is 2.60. The Balaban J connectivity index is 2.25. The molecule has 4 nitrogen and oxygen atoms in total. The molecule has 3 atom stereocenters. The van der Waals surface area contributed by atoms with Crippen molar-refractivity contribution in [1.82, 2.24) is 0 Å². The predicted molar refractivity (Wildman–Crippen MR) is 72.8 cm³/mol. The van der Waals surface area contributed by atoms with Crippen molar-refractivity contribution in [3.8, 4) is 0 Å². The number of primary sulfonamides is 1. The van der Waals surface area contributed by atoms with Crippen LogP contribution >= 0.6 is 0 Å². The monoisotopic (exact) mass is 268 g/mol. The summed E-state index contributed by atoms with van der Waals surface area (Å²) in [5, 5.41) is 8.56. The van der Waals surface area contributed by atoms with Crippen molar-refractivity contribution in [2.24, 2.45) is 17.0 Å². The number of sulfonamides is 1. The van der Waals surface area contributed by atoms with Crippen LogP contribution in [0.3, 0.4) is 0 Å². The lowest BCUT2D eigenvalue weighted by atomic mass is 9.97. The Morgan fingerprint density at radius 3 is 2.44 bits per heavy atom. The minimum Gasteiger partial charge on any atom is -0.381 e. The van der Waals surface area contributed by atoms with E-state index in [-0.39, 0.29) is 4.90 Å². The largest absolute Gasteiger partial charge is 0.381 e. The van der Waals surface area contributed by atoms with E-state index in [0.717, 1.165) is 6.42 Å². The molecule has 1 saturated carbocycles. The molecular formula is C13H20N2O2S. The average Bonchev–Trinajstić information content (AvgIpc) is 2.60. The molecule has 2 rings (SSSR count). The highest BCUT2D eigenvalue weighted by atomic mass is 32.2. The average molecular weight is 268 g/mol. The van der Waals surface area contributed by atoms with Crippen molar-refractivity contribution >= 4 is 15.7 Å². The smallest absolute Gasteiger partial charge is 0.240 e. The zero-order valence-corrected chi connectivity index (χ0v) is 11.6. The van der Waals surface area contributed by atoms with Crippen molar-refractivity contribution in [1.29, 1.82) is 0 Å². The topological polar surface area (TPSA) is 72.2 Å². The number of nitrogens with one attached hydrogen (secondary N) is 1. The Morgan fingerprint density at radius 1 is 1.22 bits per heavy atom. The summed E-state index contributed by atoms with van der Waals surface area (Å²) in [6.45, 7) is 4.44. The van der Waals surface area contributed by atoms with Crippen LogP contribution in [0.1, 0.15) is 26.7 Å². The zero-order chi connectivity index (χ0) is 13.3. The summed E-state index contributed by atoms with van der Waals surface area (Å²) in [5.74, 6) is 1.21. The molecule has 3 unspecified atom stereocenters. The maximum Gasteiger partial charge on any atom is 0.240 e. The van der Waals surface area contributed by atoms with E-state index in [1.54, 1.807) is 18.2 Å². The molecule has 0 bridgehead atoms. The van der Waals surface area contributed by atoms with Crippen LogP contribution in [0.2, 0.25) is 0 Å². The molecule has 5 heteroatoms. The summed E-state index contributed by atoms with van der Waals surface area (Å²) < 4.78 is 23.0. The summed E-state index contributed by atoms with van der Waals surface area (Å²) in [5.41, 5.74) is 0.617. The number of benzene rings is 1. The highest BCUT2D eigenvalue weighted by molar-refractivity contribution is 7.89. The van der Waals surface area contributed by atoms with Crippen LogP contribution in [0, 0.1) is 11.8 Å². The van der Waals surface area contributed by atoms with Gasteiger partial charge in [-0.05, 0) is 36.8 Å². The second-order valence-corrected chi connectivity index (χ2v) is 6.74. The van der Waals surface area contributed by atoms with Gasteiger partial charge in [-0.2, -0.15) is 0 Å². The van der Waals surface area contributed by atoms with Gasteiger partial charge in [-0.25, -0.2) is 13.6 Å². The zero-order valence-electron chi connectivity index (χ0n) is 10.8. The second kappa shape index (κ2) is 4.90. The highest BCUT2D eigenvalue weighted by Gasteiger charge is 2.30. The molecule has 0 aromatic heterocycles. The fraction of sp³-hybridized carbons (Fsp3) is 0.538. The lowest BCUT2D eigenvalue weighted by molar-refractivity contribution is 0.435. The van der Waals surface area contributed by atoms with Crippen LogP contribution in [-0.2, 0) is 10.0 Å². The van der Waals surface area contributed by atoms with Crippen LogP contribution in [-0.4, -0.2) is 14.5 Å². The van der Waals surface area contributed by atoms with E-state index in [1.807, 2.05) is 6.07 Å². The Labute approximate surface area is 109 Å². The van der Waals surface area contributed by atoms with Crippen molar-refractivity contribution in [3.05, 3.63) is 24.3 Å². The van der Waals surface area contributed by atoms with Gasteiger partial charge in [0, 0.05) is 6.04 Å². The lowest BCUT2D eigenvalue weighted by Crippen LogP contribution is -2.25. The number of rotatable bonds is 3. The molecule has 3 N–H and O–H groups in total. The molecule has 1 aliphatic rings. The molecule has 0 radical (unpaired) electrons. The van der Waals surface area contributed by atoms with Crippen LogP contribution in [0.25, 0.3) is 0 Å². The van der Waals surface area contributed by atoms with Crippen molar-refractivity contribution in [3.63, 3.8) is 0 Å². The quantitative estimate of drug-likeness (QED) is 0.882. The van der Waals surface area contributed by atoms with E-state index in [4.69, 9.17) is 5.14 Å². The van der Waals surface area contributed by atoms with E-state index < -0.39 is 10.0 Å². The van der Waals surface area contributed by atoms with E-state index >= 15 is 0 Å². The predicted octanol–water partition coefficient (Wildman–Crippen LogP) is 2.18. The normalized spacial score (nSPS) is 28.3. The Morgan fingerprint density at radius 2 is 1.89 bits per heavy atom. The van der Waals surface area contributed by atoms with Crippen LogP contribution in [0.4, 0.5) is 5.69 Å². The summed E-state index contributed by atoms with van der Waals surface area (Å²) in [6, 6.07) is 7.14. The van der Waals surface area contributed by atoms with Crippen molar-refractivity contribution < 1.29 is 8.42 Å². The molecule has 1 fully saturated rings. The first kappa shape index (κ1) is 13.4. The molecule has 1 aromatic rings.